The molecule has 2 aromatic rings. The number of aromatic carboxylic acids is 1. The van der Waals surface area contributed by atoms with E-state index < -0.39 is 16.0 Å². The number of nitrogens with zero attached hydrogens (tertiary/aromatic N) is 3. The zero-order chi connectivity index (χ0) is 14.9. The maximum Gasteiger partial charge on any atom is 0.345 e. The van der Waals surface area contributed by atoms with Gasteiger partial charge in [0, 0.05) is 7.05 Å². The number of rotatable bonds is 5. The van der Waals surface area contributed by atoms with Crippen molar-refractivity contribution >= 4 is 43.3 Å². The molecule has 11 heteroatoms. The summed E-state index contributed by atoms with van der Waals surface area (Å²) >= 11 is 3.90. The molecule has 0 atom stereocenters. The van der Waals surface area contributed by atoms with E-state index in [1.165, 1.54) is 6.33 Å². The van der Waals surface area contributed by atoms with Gasteiger partial charge in [-0.25, -0.2) is 17.9 Å². The predicted octanol–water partition coefficient (Wildman–Crippen LogP) is 0.816. The van der Waals surface area contributed by atoms with E-state index in [0.29, 0.717) is 5.82 Å². The van der Waals surface area contributed by atoms with Crippen molar-refractivity contribution in [1.82, 2.24) is 19.5 Å². The van der Waals surface area contributed by atoms with Crippen molar-refractivity contribution < 1.29 is 18.3 Å². The molecule has 2 aromatic heterocycles. The third kappa shape index (κ3) is 3.06. The topological polar surface area (TPSA) is 114 Å². The van der Waals surface area contributed by atoms with Crippen molar-refractivity contribution in [2.24, 2.45) is 7.05 Å². The molecule has 0 aliphatic rings. The number of carboxylic acids is 1. The molecule has 0 saturated carbocycles. The number of aryl methyl sites for hydroxylation is 1. The van der Waals surface area contributed by atoms with Crippen LogP contribution in [0.15, 0.2) is 21.1 Å². The fourth-order valence-electron chi connectivity index (χ4n) is 1.35. The Morgan fingerprint density at radius 1 is 1.60 bits per heavy atom. The standard InChI is InChI=1S/C9H9BrN4O4S2/c1-14-4-11-13-7(14)3-12-20(17,18)6-2-5(9(15)16)19-8(6)10/h2,4,12H,3H2,1H3,(H,15,16). The van der Waals surface area contributed by atoms with Gasteiger partial charge in [-0.3, -0.25) is 0 Å². The molecule has 0 spiro atoms. The third-order valence-corrected chi connectivity index (χ3v) is 6.02. The minimum atomic E-state index is -3.83. The van der Waals surface area contributed by atoms with Crippen LogP contribution in [0.3, 0.4) is 0 Å². The lowest BCUT2D eigenvalue weighted by atomic mass is 10.5. The van der Waals surface area contributed by atoms with Crippen LogP contribution in [0.5, 0.6) is 0 Å². The first-order chi connectivity index (χ1) is 9.31. The van der Waals surface area contributed by atoms with Crippen LogP contribution in [0.2, 0.25) is 0 Å². The Hall–Kier alpha value is -1.30. The van der Waals surface area contributed by atoms with Crippen LogP contribution < -0.4 is 4.72 Å². The summed E-state index contributed by atoms with van der Waals surface area (Å²) in [7, 11) is -2.14. The number of thiophene rings is 1. The van der Waals surface area contributed by atoms with Gasteiger partial charge in [0.25, 0.3) is 0 Å². The summed E-state index contributed by atoms with van der Waals surface area (Å²) in [5, 5.41) is 16.2. The van der Waals surface area contributed by atoms with E-state index >= 15 is 0 Å². The molecular formula is C9H9BrN4O4S2. The van der Waals surface area contributed by atoms with Gasteiger partial charge in [-0.2, -0.15) is 0 Å². The summed E-state index contributed by atoms with van der Waals surface area (Å²) in [6.07, 6.45) is 1.45. The van der Waals surface area contributed by atoms with E-state index in [2.05, 4.69) is 30.8 Å². The molecule has 0 aliphatic carbocycles. The van der Waals surface area contributed by atoms with Gasteiger partial charge in [0.1, 0.15) is 21.9 Å². The van der Waals surface area contributed by atoms with E-state index in [1.807, 2.05) is 0 Å². The van der Waals surface area contributed by atoms with Crippen LogP contribution in [0.4, 0.5) is 0 Å². The lowest BCUT2D eigenvalue weighted by molar-refractivity contribution is 0.0702. The van der Waals surface area contributed by atoms with Crippen molar-refractivity contribution in [2.75, 3.05) is 0 Å². The molecule has 2 heterocycles. The van der Waals surface area contributed by atoms with Crippen LogP contribution in [0.25, 0.3) is 0 Å². The zero-order valence-electron chi connectivity index (χ0n) is 10.1. The predicted molar refractivity (Wildman–Crippen MR) is 74.0 cm³/mol. The van der Waals surface area contributed by atoms with Crippen LogP contribution in [0.1, 0.15) is 15.5 Å². The smallest absolute Gasteiger partial charge is 0.345 e. The Kier molecular flexibility index (Phi) is 4.22. The van der Waals surface area contributed by atoms with Crippen molar-refractivity contribution in [1.29, 1.82) is 0 Å². The molecule has 108 valence electrons. The quantitative estimate of drug-likeness (QED) is 0.793. The van der Waals surface area contributed by atoms with Gasteiger partial charge < -0.3 is 9.67 Å². The van der Waals surface area contributed by atoms with Gasteiger partial charge in [0.05, 0.1) is 10.3 Å². The molecule has 0 radical (unpaired) electrons. The second kappa shape index (κ2) is 5.60. The van der Waals surface area contributed by atoms with Gasteiger partial charge in [0.2, 0.25) is 10.0 Å². The van der Waals surface area contributed by atoms with E-state index in [4.69, 9.17) is 5.11 Å². The lowest BCUT2D eigenvalue weighted by Crippen LogP contribution is -2.24. The number of halogens is 1. The Morgan fingerprint density at radius 3 is 2.80 bits per heavy atom. The normalized spacial score (nSPS) is 11.7. The Labute approximate surface area is 126 Å². The third-order valence-electron chi connectivity index (χ3n) is 2.38. The average molecular weight is 381 g/mol. The fraction of sp³-hybridized carbons (Fsp3) is 0.222. The van der Waals surface area contributed by atoms with Crippen molar-refractivity contribution in [3.8, 4) is 0 Å². The van der Waals surface area contributed by atoms with Gasteiger partial charge in [-0.1, -0.05) is 0 Å². The average Bonchev–Trinajstić information content (AvgIpc) is 2.93. The highest BCUT2D eigenvalue weighted by atomic mass is 79.9. The molecule has 20 heavy (non-hydrogen) atoms. The number of sulfonamides is 1. The number of hydrogen-bond acceptors (Lipinski definition) is 6. The summed E-state index contributed by atoms with van der Waals surface area (Å²) in [6, 6.07) is 1.11. The monoisotopic (exact) mass is 380 g/mol. The Bertz CT molecular complexity index is 752. The largest absolute Gasteiger partial charge is 0.477 e. The van der Waals surface area contributed by atoms with Gasteiger partial charge in [-0.05, 0) is 22.0 Å². The van der Waals surface area contributed by atoms with Gasteiger partial charge >= 0.3 is 5.97 Å². The minimum absolute atomic E-state index is 0.0382. The van der Waals surface area contributed by atoms with E-state index in [1.54, 1.807) is 11.6 Å². The highest BCUT2D eigenvalue weighted by molar-refractivity contribution is 9.11. The molecule has 0 aliphatic heterocycles. The minimum Gasteiger partial charge on any atom is -0.477 e. The molecule has 2 N–H and O–H groups in total. The number of carboxylic acid groups (broad SMARTS) is 1. The molecule has 0 bridgehead atoms. The maximum absolute atomic E-state index is 12.1. The Balaban J connectivity index is 2.22. The maximum atomic E-state index is 12.1. The van der Waals surface area contributed by atoms with Crippen LogP contribution >= 0.6 is 27.3 Å². The first-order valence-corrected chi connectivity index (χ1v) is 8.25. The van der Waals surface area contributed by atoms with Crippen molar-refractivity contribution in [2.45, 2.75) is 11.4 Å². The number of aromatic nitrogens is 3. The number of hydrogen-bond donors (Lipinski definition) is 2. The molecule has 0 fully saturated rings. The molecule has 0 amide bonds. The SMILES string of the molecule is Cn1cnnc1CNS(=O)(=O)c1cc(C(=O)O)sc1Br. The Morgan fingerprint density at radius 2 is 2.30 bits per heavy atom. The summed E-state index contributed by atoms with van der Waals surface area (Å²) < 4.78 is 28.4. The summed E-state index contributed by atoms with van der Waals surface area (Å²) in [5.41, 5.74) is 0. The molecule has 0 aromatic carbocycles. The van der Waals surface area contributed by atoms with E-state index in [0.717, 1.165) is 17.4 Å². The summed E-state index contributed by atoms with van der Waals surface area (Å²) in [5.74, 6) is -0.733. The number of nitrogens with one attached hydrogen (secondary N) is 1. The van der Waals surface area contributed by atoms with E-state index in [9.17, 15) is 13.2 Å². The summed E-state index contributed by atoms with van der Waals surface area (Å²) in [6.45, 7) is -0.0382. The van der Waals surface area contributed by atoms with E-state index in [-0.39, 0.29) is 20.1 Å². The van der Waals surface area contributed by atoms with Gasteiger partial charge in [0.15, 0.2) is 0 Å². The molecular weight excluding hydrogens is 372 g/mol. The molecule has 2 rings (SSSR count). The van der Waals surface area contributed by atoms with Gasteiger partial charge in [-0.15, -0.1) is 21.5 Å². The van der Waals surface area contributed by atoms with Crippen molar-refractivity contribution in [3.05, 3.63) is 26.9 Å². The fourth-order valence-corrected chi connectivity index (χ4v) is 4.73. The first kappa shape index (κ1) is 15.1. The zero-order valence-corrected chi connectivity index (χ0v) is 13.3. The van der Waals surface area contributed by atoms with Crippen molar-refractivity contribution in [3.63, 3.8) is 0 Å². The second-order valence-corrected chi connectivity index (χ2v) is 7.84. The highest BCUT2D eigenvalue weighted by Crippen LogP contribution is 2.31. The van der Waals surface area contributed by atoms with Crippen LogP contribution in [-0.2, 0) is 23.6 Å². The first-order valence-electron chi connectivity index (χ1n) is 5.16. The highest BCUT2D eigenvalue weighted by Gasteiger charge is 2.23. The molecule has 0 unspecified atom stereocenters. The molecule has 0 saturated heterocycles. The summed E-state index contributed by atoms with van der Waals surface area (Å²) in [4.78, 5) is 10.7. The number of carbonyl (C=O) groups is 1. The van der Waals surface area contributed by atoms with Crippen LogP contribution in [-0.4, -0.2) is 34.3 Å². The van der Waals surface area contributed by atoms with Crippen LogP contribution in [0, 0.1) is 0 Å². The lowest BCUT2D eigenvalue weighted by Gasteiger charge is -2.04. The molecule has 8 nitrogen and oxygen atoms in total. The second-order valence-electron chi connectivity index (χ2n) is 3.74.